The Labute approximate surface area is 157 Å². The lowest BCUT2D eigenvalue weighted by atomic mass is 10.1. The van der Waals surface area contributed by atoms with Crippen molar-refractivity contribution >= 4 is 51.6 Å². The van der Waals surface area contributed by atoms with Gasteiger partial charge in [0.25, 0.3) is 0 Å². The van der Waals surface area contributed by atoms with E-state index >= 15 is 0 Å². The summed E-state index contributed by atoms with van der Waals surface area (Å²) in [7, 11) is 1.42. The second-order valence-corrected chi connectivity index (χ2v) is 7.80. The first-order valence-electron chi connectivity index (χ1n) is 7.35. The molecular weight excluding hydrogens is 382 g/mol. The van der Waals surface area contributed by atoms with Crippen LogP contribution in [0.2, 0.25) is 5.02 Å². The molecule has 1 aliphatic rings. The molecule has 0 saturated carbocycles. The van der Waals surface area contributed by atoms with Gasteiger partial charge in [-0.25, -0.2) is 0 Å². The molecule has 2 N–H and O–H groups in total. The van der Waals surface area contributed by atoms with Crippen LogP contribution < -0.4 is 4.74 Å². The van der Waals surface area contributed by atoms with Gasteiger partial charge in [-0.2, -0.15) is 0 Å². The lowest BCUT2D eigenvalue weighted by molar-refractivity contribution is -0.114. The van der Waals surface area contributed by atoms with E-state index in [4.69, 9.17) is 21.7 Å². The fourth-order valence-corrected chi connectivity index (χ4v) is 4.50. The first-order chi connectivity index (χ1) is 11.9. The number of hydrogen-bond donors (Lipinski definition) is 2. The molecule has 0 radical (unpaired) electrons. The van der Waals surface area contributed by atoms with Crippen molar-refractivity contribution in [2.24, 2.45) is 0 Å². The Morgan fingerprint density at radius 2 is 2.20 bits per heavy atom. The lowest BCUT2D eigenvalue weighted by Crippen LogP contribution is -2.11. The number of aromatic nitrogens is 2. The Balaban J connectivity index is 1.94. The van der Waals surface area contributed by atoms with Crippen LogP contribution in [0.25, 0.3) is 6.08 Å². The molecule has 0 amide bonds. The highest BCUT2D eigenvalue weighted by Gasteiger charge is 2.39. The maximum absolute atomic E-state index is 12.7. The van der Waals surface area contributed by atoms with E-state index in [2.05, 4.69) is 10.2 Å². The zero-order chi connectivity index (χ0) is 18.1. The molecule has 1 atom stereocenters. The van der Waals surface area contributed by atoms with Crippen LogP contribution in [-0.4, -0.2) is 33.2 Å². The number of hydrogen-bond acceptors (Lipinski definition) is 8. The van der Waals surface area contributed by atoms with Gasteiger partial charge in [0.1, 0.15) is 15.9 Å². The van der Waals surface area contributed by atoms with Crippen molar-refractivity contribution in [2.75, 3.05) is 7.11 Å². The summed E-state index contributed by atoms with van der Waals surface area (Å²) in [4.78, 5) is 13.1. The van der Waals surface area contributed by atoms with Gasteiger partial charge in [0, 0.05) is 0 Å². The fourth-order valence-electron chi connectivity index (χ4n) is 2.32. The first kappa shape index (κ1) is 17.9. The number of phenolic OH excluding ortho intramolecular Hbond substituents is 1. The van der Waals surface area contributed by atoms with Crippen LogP contribution in [0.5, 0.6) is 11.5 Å². The van der Waals surface area contributed by atoms with E-state index in [1.54, 1.807) is 12.1 Å². The number of aryl methyl sites for hydroxylation is 1. The van der Waals surface area contributed by atoms with Crippen LogP contribution in [0, 0.1) is 5.41 Å². The largest absolute Gasteiger partial charge is 0.503 e. The van der Waals surface area contributed by atoms with Gasteiger partial charge < -0.3 is 9.84 Å². The summed E-state index contributed by atoms with van der Waals surface area (Å²) in [6.45, 7) is 1.97. The Bertz CT molecular complexity index is 895. The second-order valence-electron chi connectivity index (χ2n) is 5.21. The molecular formula is C16H14ClN3O3S2. The number of carbonyl (C=O) groups excluding carboxylic acids is 1. The van der Waals surface area contributed by atoms with E-state index in [0.29, 0.717) is 15.5 Å². The van der Waals surface area contributed by atoms with Gasteiger partial charge in [-0.3, -0.25) is 10.2 Å². The van der Waals surface area contributed by atoms with Gasteiger partial charge in [-0.05, 0) is 30.2 Å². The highest BCUT2D eigenvalue weighted by Crippen LogP contribution is 2.42. The molecule has 130 valence electrons. The first-order valence-corrected chi connectivity index (χ1v) is 9.36. The van der Waals surface area contributed by atoms with Crippen LogP contribution >= 0.6 is 34.7 Å². The van der Waals surface area contributed by atoms with Crippen LogP contribution in [-0.2, 0) is 11.2 Å². The minimum atomic E-state index is -0.691. The predicted molar refractivity (Wildman–Crippen MR) is 100.0 cm³/mol. The molecule has 0 bridgehead atoms. The number of ketones is 1. The number of halogens is 1. The summed E-state index contributed by atoms with van der Waals surface area (Å²) in [5.74, 6) is -0.804. The summed E-state index contributed by atoms with van der Waals surface area (Å²) in [6, 6.07) is 3.12. The summed E-state index contributed by atoms with van der Waals surface area (Å²) in [5, 5.41) is 27.8. The molecule has 6 nitrogen and oxygen atoms in total. The highest BCUT2D eigenvalue weighted by atomic mass is 35.5. The van der Waals surface area contributed by atoms with Crippen molar-refractivity contribution in [3.8, 4) is 11.5 Å². The Morgan fingerprint density at radius 1 is 1.44 bits per heavy atom. The number of rotatable bonds is 4. The smallest absolute Gasteiger partial charge is 0.186 e. The van der Waals surface area contributed by atoms with E-state index in [1.807, 2.05) is 6.92 Å². The molecule has 1 aromatic heterocycles. The third kappa shape index (κ3) is 3.42. The topological polar surface area (TPSA) is 96.2 Å². The van der Waals surface area contributed by atoms with Crippen molar-refractivity contribution in [2.45, 2.75) is 19.3 Å². The molecule has 9 heteroatoms. The summed E-state index contributed by atoms with van der Waals surface area (Å²) >= 11 is 8.44. The van der Waals surface area contributed by atoms with Crippen molar-refractivity contribution in [3.63, 3.8) is 0 Å². The number of ether oxygens (including phenoxy) is 1. The van der Waals surface area contributed by atoms with Gasteiger partial charge in [0.15, 0.2) is 17.3 Å². The minimum Gasteiger partial charge on any atom is -0.503 e. The zero-order valence-corrected chi connectivity index (χ0v) is 15.8. The number of Topliss-reactive ketones (excluding diaryl/α,β-unsaturated/α-hetero) is 1. The number of nitrogens with zero attached hydrogens (tertiary/aromatic N) is 2. The van der Waals surface area contributed by atoms with E-state index in [-0.39, 0.29) is 27.3 Å². The number of allylic oxidation sites excluding steroid dienone is 1. The molecule has 1 aliphatic heterocycles. The summed E-state index contributed by atoms with van der Waals surface area (Å²) in [6.07, 6.45) is 2.38. The van der Waals surface area contributed by atoms with Crippen LogP contribution in [0.4, 0.5) is 0 Å². The summed E-state index contributed by atoms with van der Waals surface area (Å²) in [5.41, 5.74) is 0.607. The van der Waals surface area contributed by atoms with Crippen LogP contribution in [0.3, 0.4) is 0 Å². The lowest BCUT2D eigenvalue weighted by Gasteiger charge is -2.06. The number of methoxy groups -OCH3 is 1. The molecule has 1 unspecified atom stereocenters. The molecule has 0 aliphatic carbocycles. The second kappa shape index (κ2) is 7.15. The van der Waals surface area contributed by atoms with Gasteiger partial charge in [-0.1, -0.05) is 30.3 Å². The Hall–Kier alpha value is -1.90. The third-order valence-electron chi connectivity index (χ3n) is 3.59. The normalized spacial score (nSPS) is 19.0. The number of nitrogens with one attached hydrogen (secondary N) is 1. The van der Waals surface area contributed by atoms with Crippen molar-refractivity contribution in [1.29, 1.82) is 5.41 Å². The standard InChI is InChI=1S/C16H14ClN3O3S2/c1-3-11-19-20-16(25-11)12-14(22)10(24-15(12)18)6-7-4-8(17)13(21)9(5-7)23-2/h4-6,12,18,21H,3H2,1-2H3. The van der Waals surface area contributed by atoms with Gasteiger partial charge in [-0.15, -0.1) is 21.5 Å². The number of thioether (sulfide) groups is 1. The van der Waals surface area contributed by atoms with E-state index in [9.17, 15) is 9.90 Å². The SMILES string of the molecule is CCc1nnc(C2C(=N)SC(=Cc3cc(Cl)c(O)c(OC)c3)C2=O)s1. The molecule has 1 aromatic carbocycles. The number of carbonyl (C=O) groups is 1. The van der Waals surface area contributed by atoms with E-state index in [1.165, 1.54) is 24.5 Å². The Kier molecular flexibility index (Phi) is 5.12. The monoisotopic (exact) mass is 395 g/mol. The van der Waals surface area contributed by atoms with Crippen LogP contribution in [0.15, 0.2) is 17.0 Å². The zero-order valence-electron chi connectivity index (χ0n) is 13.4. The van der Waals surface area contributed by atoms with Crippen molar-refractivity contribution in [1.82, 2.24) is 10.2 Å². The third-order valence-corrected chi connectivity index (χ3v) is 6.00. The van der Waals surface area contributed by atoms with Gasteiger partial charge >= 0.3 is 0 Å². The quantitative estimate of drug-likeness (QED) is 0.762. The highest BCUT2D eigenvalue weighted by molar-refractivity contribution is 8.19. The Morgan fingerprint density at radius 3 is 2.84 bits per heavy atom. The molecule has 1 fully saturated rings. The molecule has 1 saturated heterocycles. The van der Waals surface area contributed by atoms with E-state index in [0.717, 1.165) is 23.2 Å². The average Bonchev–Trinajstić information content (AvgIpc) is 3.15. The number of phenols is 1. The van der Waals surface area contributed by atoms with Crippen LogP contribution in [0.1, 0.15) is 28.4 Å². The molecule has 25 heavy (non-hydrogen) atoms. The predicted octanol–water partition coefficient (Wildman–Crippen LogP) is 3.89. The van der Waals surface area contributed by atoms with Gasteiger partial charge in [0.05, 0.1) is 22.1 Å². The maximum Gasteiger partial charge on any atom is 0.186 e. The summed E-state index contributed by atoms with van der Waals surface area (Å²) < 4.78 is 5.07. The molecule has 0 spiro atoms. The molecule has 2 aromatic rings. The molecule has 2 heterocycles. The maximum atomic E-state index is 12.7. The average molecular weight is 396 g/mol. The van der Waals surface area contributed by atoms with Crippen molar-refractivity contribution < 1.29 is 14.6 Å². The number of aromatic hydroxyl groups is 1. The van der Waals surface area contributed by atoms with Gasteiger partial charge in [0.2, 0.25) is 0 Å². The minimum absolute atomic E-state index is 0.130. The van der Waals surface area contributed by atoms with Crippen molar-refractivity contribution in [3.05, 3.63) is 37.6 Å². The fraction of sp³-hybridized carbons (Fsp3) is 0.250. The molecule has 3 rings (SSSR count). The number of benzene rings is 1. The van der Waals surface area contributed by atoms with E-state index < -0.39 is 5.92 Å².